The average molecular weight is 685 g/mol. The second-order valence-electron chi connectivity index (χ2n) is 16.2. The Kier molecular flexibility index (Phi) is 9.91. The second-order valence-corrected chi connectivity index (χ2v) is 21.0. The number of aromatic nitrogens is 2. The number of anilines is 3. The van der Waals surface area contributed by atoms with Crippen molar-refractivity contribution in [3.05, 3.63) is 58.8 Å². The van der Waals surface area contributed by atoms with Crippen molar-refractivity contribution in [2.75, 3.05) is 50.6 Å². The van der Waals surface area contributed by atoms with Gasteiger partial charge in [-0.15, -0.1) is 0 Å². The van der Waals surface area contributed by atoms with Gasteiger partial charge in [0.25, 0.3) is 0 Å². The van der Waals surface area contributed by atoms with Gasteiger partial charge in [0.2, 0.25) is 5.95 Å². The first kappa shape index (κ1) is 36.3. The largest absolute Gasteiger partial charge is 0.495 e. The number of methoxy groups -OCH3 is 1. The first-order chi connectivity index (χ1) is 22.8. The molecule has 0 bridgehead atoms. The van der Waals surface area contributed by atoms with Crippen LogP contribution in [0.3, 0.4) is 0 Å². The highest BCUT2D eigenvalue weighted by Gasteiger charge is 2.47. The lowest BCUT2D eigenvalue weighted by molar-refractivity contribution is 0.0575. The standard InChI is InChI=1S/C38H52N6O4Si/c1-36(2,3)48-35(45)44-23-38(7,24-47-49(10,11)37(4,5)6)29-19-27(18-28(22-39)33(29)44)30-12-15-40-34(41-30)42-31-20-25-13-16-43(8)17-14-26(25)21-32(31)46-9/h12,15,18-21H,13-14,16-17,23-24H2,1-11H3,(H,40,41,42)/t38-/m1/s1. The molecule has 0 saturated carbocycles. The third kappa shape index (κ3) is 7.77. The normalized spacial score (nSPS) is 18.3. The lowest BCUT2D eigenvalue weighted by Crippen LogP contribution is -2.46. The number of hydrogen-bond donors (Lipinski definition) is 1. The number of carbonyl (C=O) groups excluding carboxylic acids is 1. The fraction of sp³-hybridized carbons (Fsp3) is 0.526. The number of fused-ring (bicyclic) bond motifs is 2. The Balaban J connectivity index is 1.54. The molecular weight excluding hydrogens is 633 g/mol. The van der Waals surface area contributed by atoms with Crippen LogP contribution in [0.4, 0.5) is 22.1 Å². The molecule has 2 aromatic carbocycles. The van der Waals surface area contributed by atoms with E-state index in [-0.39, 0.29) is 5.04 Å². The van der Waals surface area contributed by atoms with Crippen LogP contribution in [0, 0.1) is 11.3 Å². The number of benzene rings is 2. The van der Waals surface area contributed by atoms with Gasteiger partial charge in [-0.1, -0.05) is 27.7 Å². The number of nitrogens with one attached hydrogen (secondary N) is 1. The Bertz CT molecular complexity index is 1770. The molecule has 5 rings (SSSR count). The Morgan fingerprint density at radius 1 is 1.08 bits per heavy atom. The van der Waals surface area contributed by atoms with E-state index in [0.717, 1.165) is 48.5 Å². The van der Waals surface area contributed by atoms with Gasteiger partial charge in [0.1, 0.15) is 17.4 Å². The first-order valence-corrected chi connectivity index (χ1v) is 20.0. The van der Waals surface area contributed by atoms with Gasteiger partial charge in [-0.05, 0) is 106 Å². The van der Waals surface area contributed by atoms with E-state index >= 15 is 0 Å². The van der Waals surface area contributed by atoms with Crippen molar-refractivity contribution in [1.29, 1.82) is 5.26 Å². The molecule has 1 atom stereocenters. The minimum absolute atomic E-state index is 0.00990. The second kappa shape index (κ2) is 13.4. The molecule has 0 radical (unpaired) electrons. The molecule has 3 heterocycles. The summed E-state index contributed by atoms with van der Waals surface area (Å²) < 4.78 is 18.4. The van der Waals surface area contributed by atoms with Gasteiger partial charge in [0, 0.05) is 43.4 Å². The molecule has 1 amide bonds. The van der Waals surface area contributed by atoms with E-state index < -0.39 is 25.4 Å². The fourth-order valence-electron chi connectivity index (χ4n) is 6.12. The molecule has 0 unspecified atom stereocenters. The summed E-state index contributed by atoms with van der Waals surface area (Å²) in [7, 11) is 1.69. The highest BCUT2D eigenvalue weighted by atomic mass is 28.4. The van der Waals surface area contributed by atoms with Crippen molar-refractivity contribution >= 4 is 31.7 Å². The summed E-state index contributed by atoms with van der Waals surface area (Å²) in [6, 6.07) is 12.3. The fourth-order valence-corrected chi connectivity index (χ4v) is 7.23. The number of rotatable bonds is 7. The van der Waals surface area contributed by atoms with E-state index in [4.69, 9.17) is 18.9 Å². The molecule has 49 heavy (non-hydrogen) atoms. The zero-order chi connectivity index (χ0) is 35.9. The maximum absolute atomic E-state index is 13.6. The summed E-state index contributed by atoms with van der Waals surface area (Å²) in [5.74, 6) is 1.15. The number of ether oxygens (including phenoxy) is 2. The third-order valence-corrected chi connectivity index (χ3v) is 14.6. The summed E-state index contributed by atoms with van der Waals surface area (Å²) in [6.07, 6.45) is 3.15. The molecular formula is C38H52N6O4Si. The summed E-state index contributed by atoms with van der Waals surface area (Å²) in [4.78, 5) is 27.0. The van der Waals surface area contributed by atoms with Gasteiger partial charge in [0.15, 0.2) is 8.32 Å². The monoisotopic (exact) mass is 684 g/mol. The predicted octanol–water partition coefficient (Wildman–Crippen LogP) is 7.83. The molecule has 11 heteroatoms. The van der Waals surface area contributed by atoms with Crippen LogP contribution in [-0.2, 0) is 27.4 Å². The Morgan fingerprint density at radius 3 is 2.37 bits per heavy atom. The molecule has 2 aliphatic heterocycles. The molecule has 3 aromatic rings. The number of carbonyl (C=O) groups is 1. The van der Waals surface area contributed by atoms with Gasteiger partial charge in [-0.3, -0.25) is 4.90 Å². The van der Waals surface area contributed by atoms with Crippen molar-refractivity contribution in [2.24, 2.45) is 0 Å². The van der Waals surface area contributed by atoms with E-state index in [0.29, 0.717) is 36.0 Å². The summed E-state index contributed by atoms with van der Waals surface area (Å²) in [6.45, 7) is 21.4. The van der Waals surface area contributed by atoms with E-state index in [1.165, 1.54) is 11.1 Å². The third-order valence-electron chi connectivity index (χ3n) is 10.1. The van der Waals surface area contributed by atoms with Crippen LogP contribution < -0.4 is 15.0 Å². The SMILES string of the molecule is COc1cc2c(cc1Nc1nccc(-c3cc(C#N)c4c(c3)[C@@](C)(CO[Si](C)(C)C(C)(C)C)CN4C(=O)OC(C)(C)C)n1)CCN(C)CC2. The minimum Gasteiger partial charge on any atom is -0.495 e. The van der Waals surface area contributed by atoms with Crippen LogP contribution in [0.1, 0.15) is 70.7 Å². The highest BCUT2D eigenvalue weighted by Crippen LogP contribution is 2.47. The highest BCUT2D eigenvalue weighted by molar-refractivity contribution is 6.74. The van der Waals surface area contributed by atoms with Crippen LogP contribution in [0.2, 0.25) is 18.1 Å². The van der Waals surface area contributed by atoms with Crippen LogP contribution in [-0.4, -0.2) is 75.3 Å². The van der Waals surface area contributed by atoms with E-state index in [1.807, 2.05) is 32.9 Å². The van der Waals surface area contributed by atoms with Gasteiger partial charge in [-0.2, -0.15) is 5.26 Å². The Labute approximate surface area is 292 Å². The minimum atomic E-state index is -2.14. The van der Waals surface area contributed by atoms with Crippen LogP contribution in [0.25, 0.3) is 11.3 Å². The van der Waals surface area contributed by atoms with Crippen molar-refractivity contribution in [3.63, 3.8) is 0 Å². The lowest BCUT2D eigenvalue weighted by Gasteiger charge is -2.39. The van der Waals surface area contributed by atoms with Gasteiger partial charge < -0.3 is 24.1 Å². The summed E-state index contributed by atoms with van der Waals surface area (Å²) in [5, 5.41) is 13.9. The Hall–Kier alpha value is -3.98. The number of nitrogens with zero attached hydrogens (tertiary/aromatic N) is 5. The van der Waals surface area contributed by atoms with Gasteiger partial charge >= 0.3 is 6.09 Å². The number of hydrogen-bond acceptors (Lipinski definition) is 9. The van der Waals surface area contributed by atoms with Gasteiger partial charge in [0.05, 0.1) is 29.7 Å². The lowest BCUT2D eigenvalue weighted by atomic mass is 9.83. The maximum atomic E-state index is 13.6. The number of nitriles is 1. The molecule has 0 aliphatic carbocycles. The maximum Gasteiger partial charge on any atom is 0.414 e. The molecule has 1 N–H and O–H groups in total. The predicted molar refractivity (Wildman–Crippen MR) is 197 cm³/mol. The molecule has 262 valence electrons. The number of likely N-dealkylation sites (N-methyl/N-ethyl adjacent to an activating group) is 1. The smallest absolute Gasteiger partial charge is 0.414 e. The number of amides is 1. The molecule has 1 aromatic heterocycles. The van der Waals surface area contributed by atoms with Crippen molar-refractivity contribution in [3.8, 4) is 23.1 Å². The quantitative estimate of drug-likeness (QED) is 0.249. The molecule has 2 aliphatic rings. The zero-order valence-corrected chi connectivity index (χ0v) is 32.1. The summed E-state index contributed by atoms with van der Waals surface area (Å²) >= 11 is 0. The molecule has 0 saturated heterocycles. The Morgan fingerprint density at radius 2 is 1.76 bits per heavy atom. The molecule has 0 fully saturated rings. The van der Waals surface area contributed by atoms with E-state index in [1.54, 1.807) is 24.3 Å². The zero-order valence-electron chi connectivity index (χ0n) is 31.1. The van der Waals surface area contributed by atoms with Crippen molar-refractivity contribution in [1.82, 2.24) is 14.9 Å². The van der Waals surface area contributed by atoms with Crippen molar-refractivity contribution < 1.29 is 18.7 Å². The summed E-state index contributed by atoms with van der Waals surface area (Å²) in [5.41, 5.74) is 5.29. The molecule has 10 nitrogen and oxygen atoms in total. The van der Waals surface area contributed by atoms with Crippen molar-refractivity contribution in [2.45, 2.75) is 90.5 Å². The van der Waals surface area contributed by atoms with E-state index in [2.05, 4.69) is 81.2 Å². The van der Waals surface area contributed by atoms with Gasteiger partial charge in [-0.25, -0.2) is 14.8 Å². The first-order valence-electron chi connectivity index (χ1n) is 17.1. The average Bonchev–Trinajstić information content (AvgIpc) is 3.21. The van der Waals surface area contributed by atoms with Crippen LogP contribution in [0.15, 0.2) is 36.5 Å². The van der Waals surface area contributed by atoms with Crippen LogP contribution in [0.5, 0.6) is 5.75 Å². The van der Waals surface area contributed by atoms with Crippen LogP contribution >= 0.6 is 0 Å². The van der Waals surface area contributed by atoms with E-state index in [9.17, 15) is 10.1 Å². The molecule has 0 spiro atoms. The topological polar surface area (TPSA) is 113 Å².